The first-order valence-electron chi connectivity index (χ1n) is 9.28. The Kier molecular flexibility index (Phi) is 4.18. The van der Waals surface area contributed by atoms with Gasteiger partial charge in [-0.25, -0.2) is 9.78 Å². The Balaban J connectivity index is 1.55. The average molecular weight is 398 g/mol. The summed E-state index contributed by atoms with van der Waals surface area (Å²) >= 11 is 6.37. The minimum absolute atomic E-state index is 0.357. The molecule has 4 heteroatoms. The van der Waals surface area contributed by atoms with Gasteiger partial charge in [-0.15, -0.1) is 0 Å². The topological polar surface area (TPSA) is 39.2 Å². The number of pyridine rings is 1. The Bertz CT molecular complexity index is 1370. The van der Waals surface area contributed by atoms with Gasteiger partial charge in [0.05, 0.1) is 11.1 Å². The monoisotopic (exact) mass is 397 g/mol. The number of hydrogen-bond donors (Lipinski definition) is 0. The van der Waals surface area contributed by atoms with Crippen LogP contribution in [0.15, 0.2) is 78.4 Å². The quantitative estimate of drug-likeness (QED) is 0.225. The molecule has 0 fully saturated rings. The summed E-state index contributed by atoms with van der Waals surface area (Å²) in [4.78, 5) is 16.9. The highest BCUT2D eigenvalue weighted by Crippen LogP contribution is 2.31. The largest absolute Gasteiger partial charge is 0.422 e. The van der Waals surface area contributed by atoms with Crippen LogP contribution >= 0.6 is 11.6 Å². The van der Waals surface area contributed by atoms with Gasteiger partial charge in [-0.1, -0.05) is 60.1 Å². The van der Waals surface area contributed by atoms with Gasteiger partial charge in [0.25, 0.3) is 0 Å². The van der Waals surface area contributed by atoms with Gasteiger partial charge in [0.1, 0.15) is 10.9 Å². The van der Waals surface area contributed by atoms with Crippen LogP contribution < -0.4 is 0 Å². The Morgan fingerprint density at radius 3 is 2.59 bits per heavy atom. The molecule has 1 aliphatic heterocycles. The molecule has 0 amide bonds. The lowest BCUT2D eigenvalue weighted by molar-refractivity contribution is -0.130. The first kappa shape index (κ1) is 17.7. The van der Waals surface area contributed by atoms with Gasteiger partial charge >= 0.3 is 5.97 Å². The van der Waals surface area contributed by atoms with E-state index in [0.717, 1.165) is 32.8 Å². The average Bonchev–Trinajstić information content (AvgIpc) is 3.09. The molecule has 0 bridgehead atoms. The van der Waals surface area contributed by atoms with Crippen LogP contribution in [-0.4, -0.2) is 11.0 Å². The van der Waals surface area contributed by atoms with Gasteiger partial charge in [0, 0.05) is 16.5 Å². The minimum atomic E-state index is -0.395. The molecule has 0 saturated heterocycles. The second-order valence-electron chi connectivity index (χ2n) is 7.12. The van der Waals surface area contributed by atoms with Crippen molar-refractivity contribution in [2.24, 2.45) is 0 Å². The van der Waals surface area contributed by atoms with Crippen LogP contribution in [0.2, 0.25) is 5.15 Å². The SMILES string of the molecule is Cc1ccc2cc(/C=C3\C=C(c4ccc5ccccc5c4)OC3=O)c(Cl)nc2c1. The lowest BCUT2D eigenvalue weighted by atomic mass is 10.0. The number of carbonyl (C=O) groups is 1. The van der Waals surface area contributed by atoms with Crippen molar-refractivity contribution < 1.29 is 9.53 Å². The molecule has 0 N–H and O–H groups in total. The second-order valence-corrected chi connectivity index (χ2v) is 7.48. The number of aryl methyl sites for hydroxylation is 1. The Labute approximate surface area is 172 Å². The van der Waals surface area contributed by atoms with E-state index in [4.69, 9.17) is 16.3 Å². The standard InChI is InChI=1S/C25H16ClNO2/c1-15-6-7-18-12-20(24(26)27-22(18)10-15)13-21-14-23(29-25(21)28)19-9-8-16-4-2-3-5-17(16)11-19/h2-14H,1H3/b21-13+. The maximum atomic E-state index is 12.4. The molecule has 1 aromatic heterocycles. The zero-order chi connectivity index (χ0) is 20.0. The van der Waals surface area contributed by atoms with E-state index in [1.807, 2.05) is 67.6 Å². The first-order chi connectivity index (χ1) is 14.1. The molecule has 0 radical (unpaired) electrons. The number of ether oxygens (including phenoxy) is 1. The van der Waals surface area contributed by atoms with E-state index in [-0.39, 0.29) is 0 Å². The zero-order valence-electron chi connectivity index (χ0n) is 15.6. The third-order valence-electron chi connectivity index (χ3n) is 5.02. The number of rotatable bonds is 2. The normalized spacial score (nSPS) is 15.2. The molecule has 29 heavy (non-hydrogen) atoms. The van der Waals surface area contributed by atoms with E-state index in [1.54, 1.807) is 12.2 Å². The van der Waals surface area contributed by atoms with Gasteiger partial charge in [-0.3, -0.25) is 0 Å². The van der Waals surface area contributed by atoms with Crippen LogP contribution in [0.3, 0.4) is 0 Å². The van der Waals surface area contributed by atoms with Crippen molar-refractivity contribution in [3.63, 3.8) is 0 Å². The number of carbonyl (C=O) groups excluding carboxylic acids is 1. The lowest BCUT2D eigenvalue weighted by Crippen LogP contribution is -1.97. The van der Waals surface area contributed by atoms with Crippen molar-refractivity contribution in [1.29, 1.82) is 0 Å². The molecule has 1 aliphatic rings. The lowest BCUT2D eigenvalue weighted by Gasteiger charge is -2.04. The molecule has 3 aromatic carbocycles. The highest BCUT2D eigenvalue weighted by molar-refractivity contribution is 6.31. The van der Waals surface area contributed by atoms with Crippen LogP contribution in [0.4, 0.5) is 0 Å². The number of benzene rings is 3. The number of fused-ring (bicyclic) bond motifs is 2. The van der Waals surface area contributed by atoms with Crippen molar-refractivity contribution in [1.82, 2.24) is 4.98 Å². The highest BCUT2D eigenvalue weighted by Gasteiger charge is 2.22. The summed E-state index contributed by atoms with van der Waals surface area (Å²) < 4.78 is 5.51. The van der Waals surface area contributed by atoms with Gasteiger partial charge in [0.2, 0.25) is 0 Å². The van der Waals surface area contributed by atoms with Crippen molar-refractivity contribution in [2.75, 3.05) is 0 Å². The minimum Gasteiger partial charge on any atom is -0.422 e. The number of nitrogens with zero attached hydrogens (tertiary/aromatic N) is 1. The van der Waals surface area contributed by atoms with Gasteiger partial charge in [-0.2, -0.15) is 0 Å². The maximum absolute atomic E-state index is 12.4. The van der Waals surface area contributed by atoms with Crippen molar-refractivity contribution in [3.05, 3.63) is 100 Å². The molecule has 0 spiro atoms. The fourth-order valence-electron chi connectivity index (χ4n) is 3.51. The summed E-state index contributed by atoms with van der Waals surface area (Å²) in [6, 6.07) is 22.0. The second kappa shape index (κ2) is 6.87. The number of cyclic esters (lactones) is 1. The van der Waals surface area contributed by atoms with Gasteiger partial charge in [0.15, 0.2) is 0 Å². The smallest absolute Gasteiger partial charge is 0.343 e. The maximum Gasteiger partial charge on any atom is 0.343 e. The summed E-state index contributed by atoms with van der Waals surface area (Å²) in [6.07, 6.45) is 3.48. The van der Waals surface area contributed by atoms with Gasteiger partial charge in [-0.05, 0) is 53.6 Å². The van der Waals surface area contributed by atoms with Crippen LogP contribution in [0, 0.1) is 6.92 Å². The molecule has 0 atom stereocenters. The van der Waals surface area contributed by atoms with E-state index in [1.165, 1.54) is 0 Å². The third kappa shape index (κ3) is 3.30. The summed E-state index contributed by atoms with van der Waals surface area (Å²) in [7, 11) is 0. The Hall–Kier alpha value is -3.43. The molecule has 5 rings (SSSR count). The third-order valence-corrected chi connectivity index (χ3v) is 5.33. The molecule has 0 unspecified atom stereocenters. The summed E-state index contributed by atoms with van der Waals surface area (Å²) in [5.41, 5.74) is 3.95. The number of hydrogen-bond acceptors (Lipinski definition) is 3. The van der Waals surface area contributed by atoms with E-state index in [9.17, 15) is 4.79 Å². The number of halogens is 1. The summed E-state index contributed by atoms with van der Waals surface area (Å²) in [5.74, 6) is 0.140. The number of aromatic nitrogens is 1. The summed E-state index contributed by atoms with van der Waals surface area (Å²) in [5, 5.41) is 3.56. The highest BCUT2D eigenvalue weighted by atomic mass is 35.5. The first-order valence-corrected chi connectivity index (χ1v) is 9.66. The fraction of sp³-hybridized carbons (Fsp3) is 0.0400. The molecule has 2 heterocycles. The van der Waals surface area contributed by atoms with E-state index in [0.29, 0.717) is 22.0 Å². The van der Waals surface area contributed by atoms with Crippen LogP contribution in [0.1, 0.15) is 16.7 Å². The summed E-state index contributed by atoms with van der Waals surface area (Å²) in [6.45, 7) is 2.01. The zero-order valence-corrected chi connectivity index (χ0v) is 16.4. The molecule has 0 saturated carbocycles. The molecule has 4 aromatic rings. The number of esters is 1. The Morgan fingerprint density at radius 1 is 0.931 bits per heavy atom. The Morgan fingerprint density at radius 2 is 1.72 bits per heavy atom. The molecular formula is C25H16ClNO2. The van der Waals surface area contributed by atoms with Crippen LogP contribution in [0.25, 0.3) is 33.5 Å². The van der Waals surface area contributed by atoms with Crippen LogP contribution in [-0.2, 0) is 9.53 Å². The molecular weight excluding hydrogens is 382 g/mol. The van der Waals surface area contributed by atoms with Crippen molar-refractivity contribution in [2.45, 2.75) is 6.92 Å². The van der Waals surface area contributed by atoms with E-state index < -0.39 is 5.97 Å². The van der Waals surface area contributed by atoms with E-state index in [2.05, 4.69) is 11.1 Å². The van der Waals surface area contributed by atoms with Crippen molar-refractivity contribution in [3.8, 4) is 0 Å². The van der Waals surface area contributed by atoms with Crippen molar-refractivity contribution >= 4 is 51.1 Å². The van der Waals surface area contributed by atoms with Gasteiger partial charge < -0.3 is 4.74 Å². The van der Waals surface area contributed by atoms with Crippen LogP contribution in [0.5, 0.6) is 0 Å². The molecule has 0 aliphatic carbocycles. The fourth-order valence-corrected chi connectivity index (χ4v) is 3.71. The molecule has 3 nitrogen and oxygen atoms in total. The molecule has 140 valence electrons. The predicted molar refractivity (Wildman–Crippen MR) is 117 cm³/mol. The predicted octanol–water partition coefficient (Wildman–Crippen LogP) is 6.33. The van der Waals surface area contributed by atoms with E-state index >= 15 is 0 Å².